The topological polar surface area (TPSA) is 40.1 Å². The van der Waals surface area contributed by atoms with Gasteiger partial charge in [0.15, 0.2) is 0 Å². The van der Waals surface area contributed by atoms with Crippen LogP contribution in [-0.2, 0) is 4.79 Å². The molecule has 4 aliphatic rings. The normalized spacial score (nSPS) is 37.2. The Kier molecular flexibility index (Phi) is 3.72. The van der Waals surface area contributed by atoms with Gasteiger partial charge in [0.25, 0.3) is 0 Å². The van der Waals surface area contributed by atoms with Crippen molar-refractivity contribution in [2.24, 2.45) is 23.2 Å². The summed E-state index contributed by atoms with van der Waals surface area (Å²) in [5, 5.41) is 11.3. The van der Waals surface area contributed by atoms with Crippen LogP contribution >= 0.6 is 11.8 Å². The predicted octanol–water partition coefficient (Wildman–Crippen LogP) is 3.50. The standard InChI is InChI=1S/C19H24O2S/c20-18(21)17(22-16-4-2-1-3-5-16)12-19-9-13-6-14(10-19)8-15(7-13)11-19/h1-5,13-15,17H,6-12H2,(H,20,21)/p-1. The molecule has 4 bridgehead atoms. The van der Waals surface area contributed by atoms with Gasteiger partial charge in [-0.15, -0.1) is 11.8 Å². The van der Waals surface area contributed by atoms with Gasteiger partial charge in [-0.2, -0.15) is 0 Å². The van der Waals surface area contributed by atoms with Crippen LogP contribution in [0.2, 0.25) is 0 Å². The molecule has 5 rings (SSSR count). The van der Waals surface area contributed by atoms with Gasteiger partial charge in [-0.3, -0.25) is 0 Å². The Morgan fingerprint density at radius 3 is 2.14 bits per heavy atom. The van der Waals surface area contributed by atoms with Crippen molar-refractivity contribution in [2.75, 3.05) is 0 Å². The fourth-order valence-corrected chi connectivity index (χ4v) is 6.95. The highest BCUT2D eigenvalue weighted by Crippen LogP contribution is 2.62. The lowest BCUT2D eigenvalue weighted by atomic mass is 9.48. The first kappa shape index (κ1) is 14.6. The van der Waals surface area contributed by atoms with Crippen molar-refractivity contribution >= 4 is 17.7 Å². The van der Waals surface area contributed by atoms with Gasteiger partial charge in [0.2, 0.25) is 0 Å². The SMILES string of the molecule is O=C([O-])C(CC12CC3CC(CC(C3)C1)C2)Sc1ccccc1. The van der Waals surface area contributed by atoms with Gasteiger partial charge in [-0.05, 0) is 80.2 Å². The summed E-state index contributed by atoms with van der Waals surface area (Å²) in [4.78, 5) is 12.7. The molecule has 1 unspecified atom stereocenters. The van der Waals surface area contributed by atoms with Crippen LogP contribution in [0.1, 0.15) is 44.9 Å². The van der Waals surface area contributed by atoms with E-state index < -0.39 is 11.2 Å². The molecule has 0 saturated heterocycles. The first-order valence-corrected chi connectivity index (χ1v) is 9.42. The van der Waals surface area contributed by atoms with E-state index in [1.165, 1.54) is 50.3 Å². The summed E-state index contributed by atoms with van der Waals surface area (Å²) in [6.45, 7) is 0. The third kappa shape index (κ3) is 2.80. The molecule has 0 amide bonds. The molecule has 4 saturated carbocycles. The van der Waals surface area contributed by atoms with Crippen LogP contribution in [0, 0.1) is 23.2 Å². The third-order valence-electron chi connectivity index (χ3n) is 6.07. The average molecular weight is 315 g/mol. The van der Waals surface area contributed by atoms with E-state index in [2.05, 4.69) is 0 Å². The molecule has 4 aliphatic carbocycles. The maximum Gasteiger partial charge on any atom is 0.0548 e. The van der Waals surface area contributed by atoms with Crippen molar-refractivity contribution in [1.82, 2.24) is 0 Å². The number of aliphatic carboxylic acids is 1. The minimum Gasteiger partial charge on any atom is -0.549 e. The number of hydrogen-bond donors (Lipinski definition) is 0. The second-order valence-electron chi connectivity index (χ2n) is 7.86. The first-order valence-electron chi connectivity index (χ1n) is 8.54. The molecular formula is C19H23O2S-. The lowest BCUT2D eigenvalue weighted by molar-refractivity contribution is -0.305. The molecule has 22 heavy (non-hydrogen) atoms. The molecule has 1 atom stereocenters. The maximum atomic E-state index is 11.7. The van der Waals surface area contributed by atoms with Crippen molar-refractivity contribution in [1.29, 1.82) is 0 Å². The zero-order chi connectivity index (χ0) is 15.2. The molecular weight excluding hydrogens is 292 g/mol. The molecule has 0 aliphatic heterocycles. The number of carboxylic acids is 1. The summed E-state index contributed by atoms with van der Waals surface area (Å²) >= 11 is 1.48. The smallest absolute Gasteiger partial charge is 0.0548 e. The van der Waals surface area contributed by atoms with E-state index in [-0.39, 0.29) is 0 Å². The molecule has 1 aromatic carbocycles. The van der Waals surface area contributed by atoms with Gasteiger partial charge in [-0.1, -0.05) is 18.2 Å². The largest absolute Gasteiger partial charge is 0.549 e. The van der Waals surface area contributed by atoms with Crippen LogP contribution in [-0.4, -0.2) is 11.2 Å². The minimum absolute atomic E-state index is 0.293. The summed E-state index contributed by atoms with van der Waals surface area (Å²) in [7, 11) is 0. The molecule has 2 nitrogen and oxygen atoms in total. The number of benzene rings is 1. The Balaban J connectivity index is 1.51. The van der Waals surface area contributed by atoms with Gasteiger partial charge in [0.1, 0.15) is 0 Å². The Morgan fingerprint density at radius 1 is 1.09 bits per heavy atom. The van der Waals surface area contributed by atoms with Gasteiger partial charge in [0.05, 0.1) is 5.97 Å². The van der Waals surface area contributed by atoms with Gasteiger partial charge in [-0.25, -0.2) is 0 Å². The lowest BCUT2D eigenvalue weighted by Gasteiger charge is -2.57. The molecule has 4 fully saturated rings. The van der Waals surface area contributed by atoms with Gasteiger partial charge in [0, 0.05) is 10.1 Å². The third-order valence-corrected chi connectivity index (χ3v) is 7.26. The number of rotatable bonds is 5. The first-order chi connectivity index (χ1) is 10.6. The zero-order valence-corrected chi connectivity index (χ0v) is 13.7. The van der Waals surface area contributed by atoms with Crippen molar-refractivity contribution < 1.29 is 9.90 Å². The van der Waals surface area contributed by atoms with Crippen LogP contribution in [0.15, 0.2) is 35.2 Å². The van der Waals surface area contributed by atoms with Crippen molar-refractivity contribution in [3.05, 3.63) is 30.3 Å². The second kappa shape index (κ2) is 5.59. The van der Waals surface area contributed by atoms with Gasteiger partial charge < -0.3 is 9.90 Å². The number of carboxylic acid groups (broad SMARTS) is 1. The maximum absolute atomic E-state index is 11.7. The molecule has 0 N–H and O–H groups in total. The summed E-state index contributed by atoms with van der Waals surface area (Å²) < 4.78 is 0. The highest BCUT2D eigenvalue weighted by molar-refractivity contribution is 8.00. The van der Waals surface area contributed by atoms with E-state index in [1.54, 1.807) is 0 Å². The Morgan fingerprint density at radius 2 is 1.64 bits per heavy atom. The predicted molar refractivity (Wildman–Crippen MR) is 86.3 cm³/mol. The Hall–Kier alpha value is -0.960. The molecule has 0 aromatic heterocycles. The van der Waals surface area contributed by atoms with Crippen molar-refractivity contribution in [2.45, 2.75) is 55.1 Å². The monoisotopic (exact) mass is 315 g/mol. The average Bonchev–Trinajstić information content (AvgIpc) is 2.46. The zero-order valence-electron chi connectivity index (χ0n) is 12.9. The molecule has 3 heteroatoms. The van der Waals surface area contributed by atoms with Crippen molar-refractivity contribution in [3.63, 3.8) is 0 Å². The van der Waals surface area contributed by atoms with E-state index >= 15 is 0 Å². The minimum atomic E-state index is -0.885. The lowest BCUT2D eigenvalue weighted by Crippen LogP contribution is -2.48. The molecule has 0 radical (unpaired) electrons. The van der Waals surface area contributed by atoms with E-state index in [1.807, 2.05) is 30.3 Å². The highest BCUT2D eigenvalue weighted by Gasteiger charge is 2.51. The second-order valence-corrected chi connectivity index (χ2v) is 9.14. The molecule has 0 heterocycles. The van der Waals surface area contributed by atoms with E-state index in [9.17, 15) is 9.90 Å². The quantitative estimate of drug-likeness (QED) is 0.781. The van der Waals surface area contributed by atoms with E-state index in [0.29, 0.717) is 5.41 Å². The summed E-state index contributed by atoms with van der Waals surface area (Å²) in [5.41, 5.74) is 0.293. The van der Waals surface area contributed by atoms with Crippen LogP contribution < -0.4 is 5.11 Å². The van der Waals surface area contributed by atoms with Crippen LogP contribution in [0.4, 0.5) is 0 Å². The van der Waals surface area contributed by atoms with E-state index in [4.69, 9.17) is 0 Å². The Bertz CT molecular complexity index is 519. The fraction of sp³-hybridized carbons (Fsp3) is 0.632. The number of thioether (sulfide) groups is 1. The van der Waals surface area contributed by atoms with Gasteiger partial charge >= 0.3 is 0 Å². The molecule has 1 aromatic rings. The number of carbonyl (C=O) groups excluding carboxylic acids is 1. The van der Waals surface area contributed by atoms with Crippen molar-refractivity contribution in [3.8, 4) is 0 Å². The molecule has 0 spiro atoms. The van der Waals surface area contributed by atoms with Crippen LogP contribution in [0.25, 0.3) is 0 Å². The summed E-state index contributed by atoms with van der Waals surface area (Å²) in [5.74, 6) is 1.73. The number of carbonyl (C=O) groups is 1. The van der Waals surface area contributed by atoms with Crippen LogP contribution in [0.5, 0.6) is 0 Å². The summed E-state index contributed by atoms with van der Waals surface area (Å²) in [6.07, 6.45) is 8.80. The summed E-state index contributed by atoms with van der Waals surface area (Å²) in [6, 6.07) is 9.91. The fourth-order valence-electron chi connectivity index (χ4n) is 5.77. The van der Waals surface area contributed by atoms with Crippen LogP contribution in [0.3, 0.4) is 0 Å². The molecule has 118 valence electrons. The number of hydrogen-bond acceptors (Lipinski definition) is 3. The highest BCUT2D eigenvalue weighted by atomic mass is 32.2. The van der Waals surface area contributed by atoms with E-state index in [0.717, 1.165) is 29.1 Å². The Labute approximate surface area is 136 Å².